The smallest absolute Gasteiger partial charge is 0.179 e. The van der Waals surface area contributed by atoms with E-state index in [4.69, 9.17) is 5.73 Å². The average Bonchev–Trinajstić information content (AvgIpc) is 3.06. The van der Waals surface area contributed by atoms with Gasteiger partial charge in [-0.2, -0.15) is 0 Å². The summed E-state index contributed by atoms with van der Waals surface area (Å²) in [6, 6.07) is 3.22. The number of nitrogen functional groups attached to an aromatic ring is 1. The van der Waals surface area contributed by atoms with Crippen LogP contribution in [-0.4, -0.2) is 10.8 Å². The van der Waals surface area contributed by atoms with Crippen molar-refractivity contribution in [3.63, 3.8) is 0 Å². The van der Waals surface area contributed by atoms with Gasteiger partial charge in [-0.25, -0.2) is 9.37 Å². The molecule has 0 atom stereocenters. The van der Waals surface area contributed by atoms with Gasteiger partial charge in [0.05, 0.1) is 10.4 Å². The Morgan fingerprint density at radius 1 is 1.43 bits per heavy atom. The van der Waals surface area contributed by atoms with E-state index in [9.17, 15) is 9.18 Å². The van der Waals surface area contributed by atoms with Gasteiger partial charge < -0.3 is 5.73 Å². The highest BCUT2D eigenvalue weighted by molar-refractivity contribution is 7.13. The molecule has 2 N–H and O–H groups in total. The maximum atomic E-state index is 14.1. The van der Waals surface area contributed by atoms with Crippen LogP contribution in [-0.2, 0) is 0 Å². The first-order valence-electron chi connectivity index (χ1n) is 6.91. The molecule has 21 heavy (non-hydrogen) atoms. The van der Waals surface area contributed by atoms with Gasteiger partial charge in [0.15, 0.2) is 5.78 Å². The lowest BCUT2D eigenvalue weighted by molar-refractivity contribution is 0.101. The van der Waals surface area contributed by atoms with Gasteiger partial charge in [-0.15, -0.1) is 11.3 Å². The Bertz CT molecular complexity index is 662. The Morgan fingerprint density at radius 2 is 2.05 bits per heavy atom. The minimum Gasteiger partial charge on any atom is -0.398 e. The van der Waals surface area contributed by atoms with Gasteiger partial charge in [-0.1, -0.05) is 19.8 Å². The Balaban J connectivity index is 0.000000347. The summed E-state index contributed by atoms with van der Waals surface area (Å²) in [4.78, 5) is 15.9. The summed E-state index contributed by atoms with van der Waals surface area (Å²) in [7, 11) is 0. The maximum absolute atomic E-state index is 14.1. The molecule has 1 heterocycles. The van der Waals surface area contributed by atoms with Crippen LogP contribution >= 0.6 is 11.3 Å². The zero-order valence-corrected chi connectivity index (χ0v) is 13.3. The van der Waals surface area contributed by atoms with E-state index < -0.39 is 5.82 Å². The molecule has 1 aliphatic carbocycles. The molecular weight excluding hydrogens is 287 g/mol. The molecule has 0 amide bonds. The summed E-state index contributed by atoms with van der Waals surface area (Å²) in [6.07, 6.45) is 2.97. The first-order valence-corrected chi connectivity index (χ1v) is 7.79. The van der Waals surface area contributed by atoms with E-state index in [1.807, 2.05) is 0 Å². The number of benzene rings is 1. The molecule has 0 unspecified atom stereocenters. The monoisotopic (exact) mass is 306 g/mol. The fourth-order valence-electron chi connectivity index (χ4n) is 1.73. The molecule has 2 aromatic rings. The van der Waals surface area contributed by atoms with Crippen molar-refractivity contribution in [2.75, 3.05) is 5.73 Å². The van der Waals surface area contributed by atoms with Crippen molar-refractivity contribution in [1.82, 2.24) is 4.98 Å². The number of rotatable bonds is 2. The Kier molecular flexibility index (Phi) is 4.73. The summed E-state index contributed by atoms with van der Waals surface area (Å²) in [5, 5.41) is 0. The van der Waals surface area contributed by atoms with Crippen molar-refractivity contribution in [1.29, 1.82) is 0 Å². The number of Topliss-reactive ketones (excluding diaryl/α,β-unsaturated/α-hetero) is 1. The van der Waals surface area contributed by atoms with E-state index in [1.54, 1.807) is 19.1 Å². The van der Waals surface area contributed by atoms with Crippen molar-refractivity contribution in [3.05, 3.63) is 34.7 Å². The van der Waals surface area contributed by atoms with Crippen molar-refractivity contribution < 1.29 is 9.18 Å². The third-order valence-electron chi connectivity index (χ3n) is 3.44. The van der Waals surface area contributed by atoms with E-state index in [2.05, 4.69) is 11.9 Å². The fraction of sp³-hybridized carbons (Fsp3) is 0.375. The van der Waals surface area contributed by atoms with E-state index >= 15 is 0 Å². The van der Waals surface area contributed by atoms with Crippen LogP contribution in [0.2, 0.25) is 0 Å². The van der Waals surface area contributed by atoms with Gasteiger partial charge in [0.1, 0.15) is 11.5 Å². The molecule has 0 aliphatic heterocycles. The second-order valence-electron chi connectivity index (χ2n) is 5.41. The quantitative estimate of drug-likeness (QED) is 0.658. The molecule has 0 saturated heterocycles. The molecule has 1 fully saturated rings. The predicted octanol–water partition coefficient (Wildman–Crippen LogP) is 4.46. The normalized spacial score (nSPS) is 13.5. The average molecular weight is 306 g/mol. The summed E-state index contributed by atoms with van der Waals surface area (Å²) in [6.45, 7) is 5.31. The fourth-order valence-corrected chi connectivity index (χ4v) is 2.59. The number of halogens is 1. The van der Waals surface area contributed by atoms with Gasteiger partial charge >= 0.3 is 0 Å². The lowest BCUT2D eigenvalue weighted by Gasteiger charge is -2.07. The summed E-state index contributed by atoms with van der Waals surface area (Å²) < 4.78 is 14.1. The van der Waals surface area contributed by atoms with Crippen LogP contribution in [0.3, 0.4) is 0 Å². The molecule has 1 saturated carbocycles. The highest BCUT2D eigenvalue weighted by Gasteiger charge is 2.17. The number of hydrogen-bond donors (Lipinski definition) is 1. The Labute approximate surface area is 128 Å². The topological polar surface area (TPSA) is 56.0 Å². The Hall–Kier alpha value is -1.75. The van der Waals surface area contributed by atoms with Crippen molar-refractivity contribution in [3.8, 4) is 10.4 Å². The number of hydrogen-bond acceptors (Lipinski definition) is 4. The Morgan fingerprint density at radius 3 is 2.57 bits per heavy atom. The van der Waals surface area contributed by atoms with E-state index in [0.717, 1.165) is 5.92 Å². The van der Waals surface area contributed by atoms with Crippen LogP contribution in [0.5, 0.6) is 0 Å². The second kappa shape index (κ2) is 6.35. The molecule has 1 aromatic carbocycles. The predicted molar refractivity (Wildman–Crippen MR) is 85.1 cm³/mol. The van der Waals surface area contributed by atoms with Crippen molar-refractivity contribution in [2.24, 2.45) is 5.92 Å². The molecule has 5 heteroatoms. The number of ketones is 1. The standard InChI is InChI=1S/C12H11FN2OS.C4H8/c1-6-9(14)4-3-8(10(6)13)12-11(7(2)16)15-5-17-12;1-4-2-3-4/h3-5H,14H2,1-2H3;4H,2-3H2,1H3. The number of thiazole rings is 1. The number of aromatic nitrogens is 1. The molecule has 0 spiro atoms. The number of carbonyl (C=O) groups excluding carboxylic acids is 1. The second-order valence-corrected chi connectivity index (χ2v) is 6.26. The summed E-state index contributed by atoms with van der Waals surface area (Å²) >= 11 is 1.25. The molecule has 3 rings (SSSR count). The van der Waals surface area contributed by atoms with Crippen LogP contribution in [0.1, 0.15) is 42.7 Å². The van der Waals surface area contributed by atoms with Crippen molar-refractivity contribution >= 4 is 22.8 Å². The van der Waals surface area contributed by atoms with Gasteiger partial charge in [-0.3, -0.25) is 4.79 Å². The van der Waals surface area contributed by atoms with E-state index in [-0.39, 0.29) is 5.78 Å². The van der Waals surface area contributed by atoms with Crippen LogP contribution in [0.4, 0.5) is 10.1 Å². The number of anilines is 1. The molecule has 0 bridgehead atoms. The van der Waals surface area contributed by atoms with Gasteiger partial charge in [0.2, 0.25) is 0 Å². The first kappa shape index (κ1) is 15.6. The number of nitrogens with two attached hydrogens (primary N) is 1. The largest absolute Gasteiger partial charge is 0.398 e. The minimum absolute atomic E-state index is 0.171. The molecule has 112 valence electrons. The zero-order valence-electron chi connectivity index (χ0n) is 12.4. The third kappa shape index (κ3) is 3.67. The van der Waals surface area contributed by atoms with Gasteiger partial charge in [0.25, 0.3) is 0 Å². The third-order valence-corrected chi connectivity index (χ3v) is 4.30. The number of nitrogens with zero attached hydrogens (tertiary/aromatic N) is 1. The highest BCUT2D eigenvalue weighted by Crippen LogP contribution is 2.33. The maximum Gasteiger partial charge on any atom is 0.179 e. The summed E-state index contributed by atoms with van der Waals surface area (Å²) in [5.41, 5.74) is 8.64. The minimum atomic E-state index is -0.392. The molecule has 3 nitrogen and oxygen atoms in total. The van der Waals surface area contributed by atoms with Gasteiger partial charge in [0, 0.05) is 23.7 Å². The first-order chi connectivity index (χ1) is 9.91. The zero-order chi connectivity index (χ0) is 15.6. The molecule has 1 aliphatic rings. The lowest BCUT2D eigenvalue weighted by Crippen LogP contribution is -1.98. The number of carbonyl (C=O) groups is 1. The van der Waals surface area contributed by atoms with Crippen LogP contribution in [0.15, 0.2) is 17.6 Å². The SMILES string of the molecule is CC(=O)c1ncsc1-c1ccc(N)c(C)c1F.CC1CC1. The molecule has 1 aromatic heterocycles. The van der Waals surface area contributed by atoms with Crippen LogP contribution in [0, 0.1) is 18.7 Å². The van der Waals surface area contributed by atoms with Crippen LogP contribution < -0.4 is 5.73 Å². The highest BCUT2D eigenvalue weighted by atomic mass is 32.1. The van der Waals surface area contributed by atoms with Crippen molar-refractivity contribution in [2.45, 2.75) is 33.6 Å². The lowest BCUT2D eigenvalue weighted by atomic mass is 10.1. The molecule has 0 radical (unpaired) electrons. The summed E-state index contributed by atoms with van der Waals surface area (Å²) in [5.74, 6) is 0.520. The molecular formula is C16H19FN2OS. The van der Waals surface area contributed by atoms with Gasteiger partial charge in [-0.05, 0) is 25.0 Å². The van der Waals surface area contributed by atoms with E-state index in [1.165, 1.54) is 36.6 Å². The van der Waals surface area contributed by atoms with E-state index in [0.29, 0.717) is 27.4 Å². The van der Waals surface area contributed by atoms with Crippen LogP contribution in [0.25, 0.3) is 10.4 Å².